The lowest BCUT2D eigenvalue weighted by molar-refractivity contribution is -0.128. The van der Waals surface area contributed by atoms with Crippen molar-refractivity contribution < 1.29 is 19.1 Å². The Labute approximate surface area is 151 Å². The van der Waals surface area contributed by atoms with Crippen LogP contribution < -0.4 is 20.1 Å². The van der Waals surface area contributed by atoms with Crippen LogP contribution in [0, 0.1) is 0 Å². The summed E-state index contributed by atoms with van der Waals surface area (Å²) in [6.07, 6.45) is 0.862. The number of nitrogens with one attached hydrogen (secondary N) is 2. The second kappa shape index (κ2) is 6.71. The predicted octanol–water partition coefficient (Wildman–Crippen LogP) is 2.75. The highest BCUT2D eigenvalue weighted by atomic mass is 16.6. The van der Waals surface area contributed by atoms with Crippen molar-refractivity contribution in [1.29, 1.82) is 0 Å². The minimum Gasteiger partial charge on any atom is -0.482 e. The molecule has 0 radical (unpaired) electrons. The summed E-state index contributed by atoms with van der Waals surface area (Å²) in [7, 11) is 0. The third-order valence-electron chi connectivity index (χ3n) is 4.41. The van der Waals surface area contributed by atoms with Crippen LogP contribution in [0.1, 0.15) is 30.1 Å². The third kappa shape index (κ3) is 3.49. The first-order valence-corrected chi connectivity index (χ1v) is 8.74. The van der Waals surface area contributed by atoms with Gasteiger partial charge < -0.3 is 20.1 Å². The number of carbonyl (C=O) groups excluding carboxylic acids is 2. The Morgan fingerprint density at radius 2 is 1.73 bits per heavy atom. The van der Waals surface area contributed by atoms with Gasteiger partial charge in [-0.25, -0.2) is 0 Å². The molecule has 2 aromatic carbocycles. The van der Waals surface area contributed by atoms with E-state index in [9.17, 15) is 9.59 Å². The molecule has 2 N–H and O–H groups in total. The normalized spacial score (nSPS) is 21.0. The number of rotatable bonds is 4. The van der Waals surface area contributed by atoms with Gasteiger partial charge in [0.1, 0.15) is 6.10 Å². The molecular weight excluding hydrogens is 332 g/mol. The number of amides is 2. The lowest BCUT2D eigenvalue weighted by atomic mass is 10.1. The van der Waals surface area contributed by atoms with E-state index in [4.69, 9.17) is 9.47 Å². The summed E-state index contributed by atoms with van der Waals surface area (Å²) in [5, 5.41) is 5.75. The second-order valence-electron chi connectivity index (χ2n) is 6.63. The van der Waals surface area contributed by atoms with E-state index < -0.39 is 12.2 Å². The molecule has 4 rings (SSSR count). The third-order valence-corrected chi connectivity index (χ3v) is 4.41. The minimum absolute atomic E-state index is 0.122. The van der Waals surface area contributed by atoms with Crippen molar-refractivity contribution in [2.24, 2.45) is 0 Å². The molecule has 1 aliphatic heterocycles. The summed E-state index contributed by atoms with van der Waals surface area (Å²) < 4.78 is 11.6. The van der Waals surface area contributed by atoms with Crippen LogP contribution in [0.5, 0.6) is 11.5 Å². The molecule has 0 aromatic heterocycles. The quantitative estimate of drug-likeness (QED) is 0.887. The molecular formula is C20H20N2O4. The Morgan fingerprint density at radius 1 is 1.00 bits per heavy atom. The van der Waals surface area contributed by atoms with Gasteiger partial charge in [-0.1, -0.05) is 18.2 Å². The molecule has 2 aromatic rings. The van der Waals surface area contributed by atoms with Crippen molar-refractivity contribution >= 4 is 17.5 Å². The zero-order valence-corrected chi connectivity index (χ0v) is 14.4. The van der Waals surface area contributed by atoms with Gasteiger partial charge in [-0.05, 0) is 50.1 Å². The number of hydrogen-bond acceptors (Lipinski definition) is 4. The van der Waals surface area contributed by atoms with Crippen LogP contribution in [0.4, 0.5) is 5.69 Å². The second-order valence-corrected chi connectivity index (χ2v) is 6.63. The predicted molar refractivity (Wildman–Crippen MR) is 96.5 cm³/mol. The molecule has 2 atom stereocenters. The molecule has 0 saturated heterocycles. The summed E-state index contributed by atoms with van der Waals surface area (Å²) >= 11 is 0. The van der Waals surface area contributed by atoms with Crippen molar-refractivity contribution in [1.82, 2.24) is 5.32 Å². The fourth-order valence-corrected chi connectivity index (χ4v) is 2.85. The Kier molecular flexibility index (Phi) is 4.24. The van der Waals surface area contributed by atoms with Crippen LogP contribution >= 0.6 is 0 Å². The highest BCUT2D eigenvalue weighted by Gasteiger charge is 2.34. The molecule has 1 fully saturated rings. The fourth-order valence-electron chi connectivity index (χ4n) is 2.85. The van der Waals surface area contributed by atoms with Crippen LogP contribution in [-0.4, -0.2) is 30.1 Å². The summed E-state index contributed by atoms with van der Waals surface area (Å²) in [5.41, 5.74) is 1.07. The van der Waals surface area contributed by atoms with Crippen LogP contribution in [0.2, 0.25) is 0 Å². The first-order chi connectivity index (χ1) is 12.6. The zero-order valence-electron chi connectivity index (χ0n) is 14.4. The first kappa shape index (κ1) is 16.4. The van der Waals surface area contributed by atoms with Gasteiger partial charge in [0, 0.05) is 17.3 Å². The average molecular weight is 352 g/mol. The largest absolute Gasteiger partial charge is 0.482 e. The molecule has 0 unspecified atom stereocenters. The molecule has 1 aliphatic carbocycles. The topological polar surface area (TPSA) is 76.7 Å². The van der Waals surface area contributed by atoms with Crippen molar-refractivity contribution in [3.05, 3.63) is 54.1 Å². The molecule has 26 heavy (non-hydrogen) atoms. The summed E-state index contributed by atoms with van der Waals surface area (Å²) in [4.78, 5) is 24.8. The van der Waals surface area contributed by atoms with E-state index in [1.807, 2.05) is 18.2 Å². The van der Waals surface area contributed by atoms with E-state index in [1.165, 1.54) is 0 Å². The first-order valence-electron chi connectivity index (χ1n) is 8.74. The van der Waals surface area contributed by atoms with E-state index in [-0.39, 0.29) is 17.9 Å². The molecule has 0 bridgehead atoms. The average Bonchev–Trinajstić information content (AvgIpc) is 3.45. The van der Waals surface area contributed by atoms with E-state index >= 15 is 0 Å². The van der Waals surface area contributed by atoms with E-state index in [0.29, 0.717) is 22.7 Å². The maximum absolute atomic E-state index is 12.6. The number of anilines is 1. The van der Waals surface area contributed by atoms with E-state index in [2.05, 4.69) is 10.6 Å². The molecule has 6 nitrogen and oxygen atoms in total. The summed E-state index contributed by atoms with van der Waals surface area (Å²) in [5.74, 6) is 0.737. The Balaban J connectivity index is 1.45. The van der Waals surface area contributed by atoms with Crippen LogP contribution in [0.3, 0.4) is 0 Å². The number of fused-ring (bicyclic) bond motifs is 1. The van der Waals surface area contributed by atoms with Crippen LogP contribution in [0.15, 0.2) is 48.5 Å². The maximum atomic E-state index is 12.6. The van der Waals surface area contributed by atoms with Crippen LogP contribution in [-0.2, 0) is 4.79 Å². The summed E-state index contributed by atoms with van der Waals surface area (Å²) in [6, 6.07) is 14.4. The molecule has 1 heterocycles. The number of ether oxygens (including phenoxy) is 2. The van der Waals surface area contributed by atoms with Gasteiger partial charge in [0.05, 0.1) is 0 Å². The zero-order chi connectivity index (χ0) is 18.1. The van der Waals surface area contributed by atoms with Crippen molar-refractivity contribution in [2.45, 2.75) is 38.0 Å². The number of carbonyl (C=O) groups is 2. The minimum atomic E-state index is -0.770. The number of hydrogen-bond donors (Lipinski definition) is 2. The molecule has 1 saturated carbocycles. The highest BCUT2D eigenvalue weighted by Crippen LogP contribution is 2.33. The standard InChI is InChI=1S/C20H20N2O4/c1-12-18(26-17-8-3-2-7-16(17)25-12)20(24)22-15-6-4-5-13(11-15)19(23)21-14-9-10-14/h2-8,11-12,14,18H,9-10H2,1H3,(H,21,23)(H,22,24)/t12-,18+/m0/s1. The fraction of sp³-hybridized carbons (Fsp3) is 0.300. The van der Waals surface area contributed by atoms with Gasteiger partial charge in [0.2, 0.25) is 6.10 Å². The monoisotopic (exact) mass is 352 g/mol. The number of para-hydroxylation sites is 2. The van der Waals surface area contributed by atoms with E-state index in [0.717, 1.165) is 12.8 Å². The lowest BCUT2D eigenvalue weighted by Gasteiger charge is -2.31. The Bertz CT molecular complexity index is 847. The van der Waals surface area contributed by atoms with Gasteiger partial charge in [0.25, 0.3) is 11.8 Å². The van der Waals surface area contributed by atoms with Gasteiger partial charge in [-0.3, -0.25) is 9.59 Å². The molecule has 134 valence electrons. The lowest BCUT2D eigenvalue weighted by Crippen LogP contribution is -2.46. The SMILES string of the molecule is C[C@@H]1Oc2ccccc2O[C@H]1C(=O)Nc1cccc(C(=O)NC2CC2)c1. The Hall–Kier alpha value is -3.02. The molecule has 2 amide bonds. The maximum Gasteiger partial charge on any atom is 0.269 e. The number of benzene rings is 2. The van der Waals surface area contributed by atoms with Crippen molar-refractivity contribution in [2.75, 3.05) is 5.32 Å². The molecule has 6 heteroatoms. The van der Waals surface area contributed by atoms with Gasteiger partial charge in [-0.15, -0.1) is 0 Å². The van der Waals surface area contributed by atoms with E-state index in [1.54, 1.807) is 37.3 Å². The molecule has 2 aliphatic rings. The van der Waals surface area contributed by atoms with Gasteiger partial charge >= 0.3 is 0 Å². The van der Waals surface area contributed by atoms with Gasteiger partial charge in [-0.2, -0.15) is 0 Å². The Morgan fingerprint density at radius 3 is 2.46 bits per heavy atom. The highest BCUT2D eigenvalue weighted by molar-refractivity contribution is 5.98. The van der Waals surface area contributed by atoms with Crippen molar-refractivity contribution in [3.63, 3.8) is 0 Å². The van der Waals surface area contributed by atoms with Crippen LogP contribution in [0.25, 0.3) is 0 Å². The van der Waals surface area contributed by atoms with Gasteiger partial charge in [0.15, 0.2) is 11.5 Å². The van der Waals surface area contributed by atoms with Crippen molar-refractivity contribution in [3.8, 4) is 11.5 Å². The summed E-state index contributed by atoms with van der Waals surface area (Å²) in [6.45, 7) is 1.79. The smallest absolute Gasteiger partial charge is 0.269 e. The molecule has 0 spiro atoms.